The van der Waals surface area contributed by atoms with E-state index < -0.39 is 4.92 Å². The highest BCUT2D eigenvalue weighted by Gasteiger charge is 2.22. The van der Waals surface area contributed by atoms with Gasteiger partial charge in [0.25, 0.3) is 11.6 Å². The Balaban J connectivity index is 1.62. The maximum Gasteiger partial charge on any atom is 0.270 e. The summed E-state index contributed by atoms with van der Waals surface area (Å²) in [6.07, 6.45) is 4.03. The van der Waals surface area contributed by atoms with Crippen molar-refractivity contribution in [3.8, 4) is 11.5 Å². The largest absolute Gasteiger partial charge is 0.490 e. The third-order valence-electron chi connectivity index (χ3n) is 5.14. The van der Waals surface area contributed by atoms with E-state index in [1.807, 2.05) is 0 Å². The number of benzene rings is 2. The van der Waals surface area contributed by atoms with Crippen LogP contribution in [-0.2, 0) is 0 Å². The maximum atomic E-state index is 13.1. The van der Waals surface area contributed by atoms with E-state index in [1.165, 1.54) is 12.1 Å². The summed E-state index contributed by atoms with van der Waals surface area (Å²) in [6.45, 7) is 2.81. The van der Waals surface area contributed by atoms with Crippen molar-refractivity contribution in [2.45, 2.75) is 25.7 Å². The number of nitrogens with one attached hydrogen (secondary N) is 1. The minimum atomic E-state index is -0.482. The smallest absolute Gasteiger partial charge is 0.270 e. The average Bonchev–Trinajstić information content (AvgIpc) is 2.99. The van der Waals surface area contributed by atoms with Crippen molar-refractivity contribution in [3.05, 3.63) is 52.1 Å². The number of nitro benzene ring substituents is 1. The van der Waals surface area contributed by atoms with Gasteiger partial charge in [-0.3, -0.25) is 14.9 Å². The van der Waals surface area contributed by atoms with Gasteiger partial charge in [-0.05, 0) is 37.5 Å². The van der Waals surface area contributed by atoms with E-state index in [0.717, 1.165) is 44.5 Å². The Hall–Kier alpha value is -3.29. The van der Waals surface area contributed by atoms with Gasteiger partial charge in [-0.1, -0.05) is 0 Å². The Bertz CT molecular complexity index is 925. The number of ether oxygens (including phenoxy) is 2. The maximum absolute atomic E-state index is 13.1. The van der Waals surface area contributed by atoms with Gasteiger partial charge in [-0.2, -0.15) is 0 Å². The number of nitrogens with zero attached hydrogens (tertiary/aromatic N) is 2. The van der Waals surface area contributed by atoms with Crippen molar-refractivity contribution >= 4 is 23.0 Å². The summed E-state index contributed by atoms with van der Waals surface area (Å²) in [5.74, 6) is 0.837. The summed E-state index contributed by atoms with van der Waals surface area (Å²) in [6, 6.07) is 9.69. The van der Waals surface area contributed by atoms with Gasteiger partial charge in [0, 0.05) is 43.4 Å². The summed E-state index contributed by atoms with van der Waals surface area (Å²) in [5.41, 5.74) is 1.47. The van der Waals surface area contributed by atoms with Crippen LogP contribution < -0.4 is 19.7 Å². The summed E-state index contributed by atoms with van der Waals surface area (Å²) >= 11 is 0. The molecule has 1 saturated heterocycles. The number of hydrogen-bond acceptors (Lipinski definition) is 6. The monoisotopic (exact) mass is 397 g/mol. The van der Waals surface area contributed by atoms with Gasteiger partial charge in [0.1, 0.15) is 0 Å². The van der Waals surface area contributed by atoms with Gasteiger partial charge in [0.05, 0.1) is 29.4 Å². The van der Waals surface area contributed by atoms with Gasteiger partial charge < -0.3 is 19.7 Å². The highest BCUT2D eigenvalue weighted by Crippen LogP contribution is 2.33. The number of carbonyl (C=O) groups is 1. The first-order chi connectivity index (χ1) is 14.1. The molecule has 0 aromatic heterocycles. The molecule has 2 aliphatic rings. The van der Waals surface area contributed by atoms with Crippen LogP contribution in [0.15, 0.2) is 36.4 Å². The lowest BCUT2D eigenvalue weighted by atomic mass is 10.1. The molecular weight excluding hydrogens is 374 g/mol. The van der Waals surface area contributed by atoms with Crippen LogP contribution >= 0.6 is 0 Å². The number of hydrogen-bond donors (Lipinski definition) is 1. The molecule has 0 radical (unpaired) electrons. The zero-order chi connectivity index (χ0) is 20.2. The van der Waals surface area contributed by atoms with Crippen LogP contribution in [0.3, 0.4) is 0 Å². The highest BCUT2D eigenvalue weighted by atomic mass is 16.6. The van der Waals surface area contributed by atoms with Crippen molar-refractivity contribution in [2.75, 3.05) is 36.5 Å². The van der Waals surface area contributed by atoms with Crippen LogP contribution in [-0.4, -0.2) is 37.1 Å². The molecule has 1 fully saturated rings. The Morgan fingerprint density at radius 3 is 2.48 bits per heavy atom. The number of nitro groups is 1. The molecule has 8 heteroatoms. The molecule has 2 aliphatic heterocycles. The van der Waals surface area contributed by atoms with Gasteiger partial charge in [-0.25, -0.2) is 0 Å². The lowest BCUT2D eigenvalue weighted by Gasteiger charge is -2.30. The molecule has 1 amide bonds. The van der Waals surface area contributed by atoms with E-state index >= 15 is 0 Å². The number of anilines is 2. The van der Waals surface area contributed by atoms with Crippen LogP contribution in [0.4, 0.5) is 17.1 Å². The van der Waals surface area contributed by atoms with Crippen LogP contribution in [0.5, 0.6) is 11.5 Å². The second-order valence-electron chi connectivity index (χ2n) is 7.17. The number of amides is 1. The van der Waals surface area contributed by atoms with Crippen LogP contribution in [0.25, 0.3) is 0 Å². The quantitative estimate of drug-likeness (QED) is 0.619. The predicted molar refractivity (Wildman–Crippen MR) is 109 cm³/mol. The van der Waals surface area contributed by atoms with Crippen LogP contribution in [0.1, 0.15) is 36.0 Å². The van der Waals surface area contributed by atoms with E-state index in [9.17, 15) is 14.9 Å². The fraction of sp³-hybridized carbons (Fsp3) is 0.381. The van der Waals surface area contributed by atoms with Crippen molar-refractivity contribution in [1.29, 1.82) is 0 Å². The topological polar surface area (TPSA) is 93.9 Å². The van der Waals surface area contributed by atoms with Crippen molar-refractivity contribution in [1.82, 2.24) is 0 Å². The molecule has 4 rings (SSSR count). The van der Waals surface area contributed by atoms with Crippen LogP contribution in [0, 0.1) is 10.1 Å². The van der Waals surface area contributed by atoms with E-state index in [-0.39, 0.29) is 11.6 Å². The summed E-state index contributed by atoms with van der Waals surface area (Å²) in [5, 5.41) is 14.1. The average molecular weight is 397 g/mol. The van der Waals surface area contributed by atoms with Crippen molar-refractivity contribution in [2.24, 2.45) is 0 Å². The summed E-state index contributed by atoms with van der Waals surface area (Å²) in [4.78, 5) is 25.9. The first-order valence-corrected chi connectivity index (χ1v) is 9.86. The molecule has 2 aromatic carbocycles. The Morgan fingerprint density at radius 1 is 0.966 bits per heavy atom. The lowest BCUT2D eigenvalue weighted by molar-refractivity contribution is -0.384. The molecular formula is C21H23N3O5. The van der Waals surface area contributed by atoms with Gasteiger partial charge >= 0.3 is 0 Å². The Labute approximate surface area is 168 Å². The van der Waals surface area contributed by atoms with E-state index in [1.54, 1.807) is 24.3 Å². The second-order valence-corrected chi connectivity index (χ2v) is 7.17. The molecule has 0 saturated carbocycles. The first-order valence-electron chi connectivity index (χ1n) is 9.86. The second kappa shape index (κ2) is 8.38. The molecule has 2 aromatic rings. The number of non-ortho nitro benzene ring substituents is 1. The molecule has 2 heterocycles. The molecule has 0 atom stereocenters. The number of piperidine rings is 1. The molecule has 0 bridgehead atoms. The first kappa shape index (κ1) is 19.0. The Kier molecular flexibility index (Phi) is 5.50. The van der Waals surface area contributed by atoms with E-state index in [2.05, 4.69) is 10.2 Å². The van der Waals surface area contributed by atoms with E-state index in [4.69, 9.17) is 9.47 Å². The van der Waals surface area contributed by atoms with Crippen LogP contribution in [0.2, 0.25) is 0 Å². The SMILES string of the molecule is O=C(Nc1ccc2c(c1)OCCCO2)c1cc([N+](=O)[O-])ccc1N1CCCCC1. The standard InChI is InChI=1S/C21H23N3O5/c25-21(22-15-5-8-19-20(13-15)29-12-4-11-28-19)17-14-16(24(26)27)6-7-18(17)23-9-2-1-3-10-23/h5-8,13-14H,1-4,9-12H2,(H,22,25). The van der Waals surface area contributed by atoms with Gasteiger partial charge in [0.2, 0.25) is 0 Å². The van der Waals surface area contributed by atoms with Gasteiger partial charge in [-0.15, -0.1) is 0 Å². The Morgan fingerprint density at radius 2 is 1.72 bits per heavy atom. The summed E-state index contributed by atoms with van der Waals surface area (Å²) < 4.78 is 11.3. The van der Waals surface area contributed by atoms with Gasteiger partial charge in [0.15, 0.2) is 11.5 Å². The van der Waals surface area contributed by atoms with Crippen molar-refractivity contribution in [3.63, 3.8) is 0 Å². The molecule has 0 spiro atoms. The summed E-state index contributed by atoms with van der Waals surface area (Å²) in [7, 11) is 0. The highest BCUT2D eigenvalue weighted by molar-refractivity contribution is 6.08. The molecule has 0 unspecified atom stereocenters. The minimum absolute atomic E-state index is 0.102. The number of carbonyl (C=O) groups excluding carboxylic acids is 1. The zero-order valence-corrected chi connectivity index (χ0v) is 16.1. The molecule has 8 nitrogen and oxygen atoms in total. The number of rotatable bonds is 4. The molecule has 29 heavy (non-hydrogen) atoms. The minimum Gasteiger partial charge on any atom is -0.490 e. The van der Waals surface area contributed by atoms with E-state index in [0.29, 0.717) is 36.0 Å². The third-order valence-corrected chi connectivity index (χ3v) is 5.14. The lowest BCUT2D eigenvalue weighted by Crippen LogP contribution is -2.31. The number of fused-ring (bicyclic) bond motifs is 1. The fourth-order valence-electron chi connectivity index (χ4n) is 3.67. The molecule has 1 N–H and O–H groups in total. The third kappa shape index (κ3) is 4.26. The van der Waals surface area contributed by atoms with Crippen molar-refractivity contribution < 1.29 is 19.2 Å². The molecule has 0 aliphatic carbocycles. The predicted octanol–water partition coefficient (Wildman–Crippen LogP) is 4.00. The fourth-order valence-corrected chi connectivity index (χ4v) is 3.67. The zero-order valence-electron chi connectivity index (χ0n) is 16.1. The normalized spacial score (nSPS) is 16.1. The molecule has 152 valence electrons.